The fraction of sp³-hybridized carbons (Fsp3) is 0.385. The summed E-state index contributed by atoms with van der Waals surface area (Å²) in [6, 6.07) is 4.02. The van der Waals surface area contributed by atoms with Gasteiger partial charge < -0.3 is 10.4 Å². The molecule has 1 aromatic rings. The molecule has 0 aromatic heterocycles. The summed E-state index contributed by atoms with van der Waals surface area (Å²) < 4.78 is 0.0268. The first kappa shape index (κ1) is 17.1. The second-order valence-corrected chi connectivity index (χ2v) is 5.24. The molecular weight excluding hydrogens is 344 g/mol. The highest BCUT2D eigenvalue weighted by molar-refractivity contribution is 9.10. The second kappa shape index (κ2) is 6.66. The lowest BCUT2D eigenvalue weighted by molar-refractivity contribution is -0.385. The van der Waals surface area contributed by atoms with Gasteiger partial charge in [0.05, 0.1) is 10.5 Å². The van der Waals surface area contributed by atoms with E-state index in [4.69, 9.17) is 0 Å². The molecule has 0 aliphatic rings. The Labute approximate surface area is 129 Å². The number of carbonyl (C=O) groups excluding carboxylic acids is 1. The summed E-state index contributed by atoms with van der Waals surface area (Å²) in [4.78, 5) is 33.9. The summed E-state index contributed by atoms with van der Waals surface area (Å²) in [5.41, 5.74) is -1.62. The number of nitrogens with zero attached hydrogens (tertiary/aromatic N) is 1. The van der Waals surface area contributed by atoms with Crippen molar-refractivity contribution >= 4 is 33.5 Å². The molecule has 0 atom stereocenters. The van der Waals surface area contributed by atoms with E-state index in [0.717, 1.165) is 0 Å². The number of carboxylic acid groups (broad SMARTS) is 1. The maximum atomic E-state index is 12.3. The van der Waals surface area contributed by atoms with Gasteiger partial charge in [-0.3, -0.25) is 14.9 Å². The second-order valence-electron chi connectivity index (χ2n) is 4.44. The molecular formula is C13H15BrN2O5. The van der Waals surface area contributed by atoms with Crippen molar-refractivity contribution in [3.63, 3.8) is 0 Å². The summed E-state index contributed by atoms with van der Waals surface area (Å²) in [6.07, 6.45) is 0.411. The number of benzene rings is 1. The van der Waals surface area contributed by atoms with Crippen LogP contribution in [0.25, 0.3) is 0 Å². The van der Waals surface area contributed by atoms with Gasteiger partial charge in [0.2, 0.25) is 0 Å². The largest absolute Gasteiger partial charge is 0.480 e. The Morgan fingerprint density at radius 3 is 2.38 bits per heavy atom. The Kier molecular flexibility index (Phi) is 5.42. The first-order valence-corrected chi connectivity index (χ1v) is 7.07. The summed E-state index contributed by atoms with van der Waals surface area (Å²) in [7, 11) is 0. The normalized spacial score (nSPS) is 11.0. The van der Waals surface area contributed by atoms with Crippen molar-refractivity contribution in [2.24, 2.45) is 0 Å². The van der Waals surface area contributed by atoms with E-state index in [1.165, 1.54) is 18.2 Å². The molecule has 0 aliphatic carbocycles. The van der Waals surface area contributed by atoms with Gasteiger partial charge >= 0.3 is 5.97 Å². The number of hydrogen-bond acceptors (Lipinski definition) is 4. The predicted molar refractivity (Wildman–Crippen MR) is 79.2 cm³/mol. The van der Waals surface area contributed by atoms with Gasteiger partial charge in [-0.15, -0.1) is 0 Å². The van der Waals surface area contributed by atoms with Gasteiger partial charge in [0.25, 0.3) is 11.6 Å². The third-order valence-corrected chi connectivity index (χ3v) is 4.22. The quantitative estimate of drug-likeness (QED) is 0.600. The maximum absolute atomic E-state index is 12.3. The van der Waals surface area contributed by atoms with Crippen molar-refractivity contribution in [1.29, 1.82) is 0 Å². The molecule has 0 radical (unpaired) electrons. The molecule has 0 saturated heterocycles. The van der Waals surface area contributed by atoms with Crippen molar-refractivity contribution in [1.82, 2.24) is 5.32 Å². The molecule has 0 bridgehead atoms. The van der Waals surface area contributed by atoms with Crippen LogP contribution in [-0.4, -0.2) is 27.4 Å². The zero-order valence-corrected chi connectivity index (χ0v) is 13.1. The van der Waals surface area contributed by atoms with Crippen LogP contribution in [0.2, 0.25) is 0 Å². The molecule has 0 heterocycles. The third kappa shape index (κ3) is 3.38. The molecule has 1 rings (SSSR count). The van der Waals surface area contributed by atoms with E-state index in [1.54, 1.807) is 13.8 Å². The Morgan fingerprint density at radius 2 is 1.95 bits per heavy atom. The molecule has 0 fully saturated rings. The van der Waals surface area contributed by atoms with E-state index < -0.39 is 22.3 Å². The van der Waals surface area contributed by atoms with Crippen molar-refractivity contribution in [3.8, 4) is 0 Å². The lowest BCUT2D eigenvalue weighted by Gasteiger charge is -2.28. The Bertz CT molecular complexity index is 584. The molecule has 7 nitrogen and oxygen atoms in total. The molecule has 1 amide bonds. The molecule has 1 aromatic carbocycles. The molecule has 2 N–H and O–H groups in total. The van der Waals surface area contributed by atoms with E-state index in [2.05, 4.69) is 21.2 Å². The molecule has 0 unspecified atom stereocenters. The van der Waals surface area contributed by atoms with E-state index in [1.807, 2.05) is 0 Å². The van der Waals surface area contributed by atoms with E-state index in [0.29, 0.717) is 0 Å². The van der Waals surface area contributed by atoms with Crippen LogP contribution in [0.3, 0.4) is 0 Å². The monoisotopic (exact) mass is 358 g/mol. The van der Waals surface area contributed by atoms with Crippen molar-refractivity contribution in [2.75, 3.05) is 0 Å². The molecule has 0 spiro atoms. The van der Waals surface area contributed by atoms with E-state index >= 15 is 0 Å². The summed E-state index contributed by atoms with van der Waals surface area (Å²) in [6.45, 7) is 3.31. The van der Waals surface area contributed by atoms with E-state index in [9.17, 15) is 24.8 Å². The number of amides is 1. The highest BCUT2D eigenvalue weighted by Crippen LogP contribution is 2.29. The van der Waals surface area contributed by atoms with Gasteiger partial charge in [0, 0.05) is 6.07 Å². The van der Waals surface area contributed by atoms with Gasteiger partial charge in [0.1, 0.15) is 10.0 Å². The fourth-order valence-electron chi connectivity index (χ4n) is 1.90. The summed E-state index contributed by atoms with van der Waals surface area (Å²) >= 11 is 3.02. The van der Waals surface area contributed by atoms with Crippen molar-refractivity contribution in [3.05, 3.63) is 38.3 Å². The number of nitro groups is 1. The zero-order chi connectivity index (χ0) is 16.2. The number of carbonyl (C=O) groups is 2. The SMILES string of the molecule is CCC(CC)(NC(=O)c1cccc([N+](=O)[O-])c1Br)C(=O)O. The lowest BCUT2D eigenvalue weighted by atomic mass is 9.92. The number of aliphatic carboxylic acids is 1. The van der Waals surface area contributed by atoms with Gasteiger partial charge in [0.15, 0.2) is 0 Å². The number of nitrogens with one attached hydrogen (secondary N) is 1. The smallest absolute Gasteiger partial charge is 0.329 e. The average Bonchev–Trinajstić information content (AvgIpc) is 2.44. The first-order valence-electron chi connectivity index (χ1n) is 6.27. The number of carboxylic acids is 1. The lowest BCUT2D eigenvalue weighted by Crippen LogP contribution is -2.53. The minimum absolute atomic E-state index is 0.0247. The predicted octanol–water partition coefficient (Wildman–Crippen LogP) is 2.73. The van der Waals surface area contributed by atoms with E-state index in [-0.39, 0.29) is 28.6 Å². The Hall–Kier alpha value is -1.96. The van der Waals surface area contributed by atoms with Crippen LogP contribution < -0.4 is 5.32 Å². The molecule has 21 heavy (non-hydrogen) atoms. The molecule has 8 heteroatoms. The molecule has 0 saturated carbocycles. The Morgan fingerprint density at radius 1 is 1.38 bits per heavy atom. The summed E-state index contributed by atoms with van der Waals surface area (Å²) in [5, 5.41) is 22.6. The Balaban J connectivity index is 3.18. The van der Waals surface area contributed by atoms with Crippen molar-refractivity contribution in [2.45, 2.75) is 32.2 Å². The maximum Gasteiger partial charge on any atom is 0.329 e. The standard InChI is InChI=1S/C13H15BrN2O5/c1-3-13(4-2,12(18)19)15-11(17)8-6-5-7-9(10(8)14)16(20)21/h5-7H,3-4H2,1-2H3,(H,15,17)(H,18,19). The molecule has 0 aliphatic heterocycles. The van der Waals surface area contributed by atoms with Crippen LogP contribution in [0.1, 0.15) is 37.0 Å². The minimum atomic E-state index is -1.39. The van der Waals surface area contributed by atoms with Crippen LogP contribution in [0.5, 0.6) is 0 Å². The number of rotatable bonds is 6. The van der Waals surface area contributed by atoms with Gasteiger partial charge in [-0.05, 0) is 34.8 Å². The van der Waals surface area contributed by atoms with Crippen molar-refractivity contribution < 1.29 is 19.6 Å². The zero-order valence-electron chi connectivity index (χ0n) is 11.6. The topological polar surface area (TPSA) is 110 Å². The first-order chi connectivity index (χ1) is 9.79. The van der Waals surface area contributed by atoms with Crippen LogP contribution in [0.15, 0.2) is 22.7 Å². The fourth-order valence-corrected chi connectivity index (χ4v) is 2.49. The van der Waals surface area contributed by atoms with Gasteiger partial charge in [-0.2, -0.15) is 0 Å². The van der Waals surface area contributed by atoms with Crippen LogP contribution in [0.4, 0.5) is 5.69 Å². The third-order valence-electron chi connectivity index (χ3n) is 3.39. The summed E-state index contributed by atoms with van der Waals surface area (Å²) in [5.74, 6) is -1.81. The van der Waals surface area contributed by atoms with Gasteiger partial charge in [-0.1, -0.05) is 19.9 Å². The number of nitro benzene ring substituents is 1. The van der Waals surface area contributed by atoms with Gasteiger partial charge in [-0.25, -0.2) is 4.79 Å². The van der Waals surface area contributed by atoms with Crippen LogP contribution in [-0.2, 0) is 4.79 Å². The van der Waals surface area contributed by atoms with Crippen LogP contribution in [0, 0.1) is 10.1 Å². The number of hydrogen-bond donors (Lipinski definition) is 2. The number of halogens is 1. The van der Waals surface area contributed by atoms with Crippen LogP contribution >= 0.6 is 15.9 Å². The highest BCUT2D eigenvalue weighted by Gasteiger charge is 2.37. The highest BCUT2D eigenvalue weighted by atomic mass is 79.9. The average molecular weight is 359 g/mol. The molecule has 114 valence electrons. The minimum Gasteiger partial charge on any atom is -0.480 e.